The van der Waals surface area contributed by atoms with E-state index in [-0.39, 0.29) is 12.2 Å². The highest BCUT2D eigenvalue weighted by Gasteiger charge is 2.41. The maximum Gasteiger partial charge on any atom is 0.241 e. The first-order valence-corrected chi connectivity index (χ1v) is 9.46. The standard InChI is InChI=1S/C16H30N2OS/c1-4-5-9-14-15(19)18(13(2)17-14)12-16(20-3)10-7-6-8-11-16/h13-14,17H,4-12H2,1-3H3. The molecule has 20 heavy (non-hydrogen) atoms. The second-order valence-corrected chi connectivity index (χ2v) is 7.73. The minimum Gasteiger partial charge on any atom is -0.325 e. The van der Waals surface area contributed by atoms with Crippen molar-refractivity contribution < 1.29 is 4.79 Å². The van der Waals surface area contributed by atoms with Crippen LogP contribution < -0.4 is 5.32 Å². The van der Waals surface area contributed by atoms with Crippen molar-refractivity contribution >= 4 is 17.7 Å². The van der Waals surface area contributed by atoms with Gasteiger partial charge in [0.25, 0.3) is 0 Å². The fraction of sp³-hybridized carbons (Fsp3) is 0.938. The highest BCUT2D eigenvalue weighted by atomic mass is 32.2. The predicted octanol–water partition coefficient (Wildman–Crippen LogP) is 3.39. The molecule has 1 N–H and O–H groups in total. The molecule has 0 bridgehead atoms. The number of carbonyl (C=O) groups is 1. The third-order valence-corrected chi connectivity index (χ3v) is 6.40. The molecular formula is C16H30N2OS. The van der Waals surface area contributed by atoms with Crippen molar-refractivity contribution in [3.05, 3.63) is 0 Å². The third-order valence-electron chi connectivity index (χ3n) is 4.99. The predicted molar refractivity (Wildman–Crippen MR) is 87.0 cm³/mol. The Morgan fingerprint density at radius 3 is 2.65 bits per heavy atom. The Morgan fingerprint density at radius 1 is 1.35 bits per heavy atom. The number of carbonyl (C=O) groups excluding carboxylic acids is 1. The number of hydrogen-bond donors (Lipinski definition) is 1. The second kappa shape index (κ2) is 7.17. The zero-order valence-electron chi connectivity index (χ0n) is 13.3. The highest BCUT2D eigenvalue weighted by Crippen LogP contribution is 2.40. The number of rotatable bonds is 6. The molecule has 1 aliphatic carbocycles. The van der Waals surface area contributed by atoms with E-state index in [9.17, 15) is 4.79 Å². The van der Waals surface area contributed by atoms with Gasteiger partial charge in [-0.25, -0.2) is 0 Å². The lowest BCUT2D eigenvalue weighted by Gasteiger charge is -2.39. The topological polar surface area (TPSA) is 32.3 Å². The van der Waals surface area contributed by atoms with E-state index in [1.807, 2.05) is 11.8 Å². The quantitative estimate of drug-likeness (QED) is 0.816. The van der Waals surface area contributed by atoms with Crippen LogP contribution >= 0.6 is 11.8 Å². The molecule has 0 radical (unpaired) electrons. The number of amides is 1. The average Bonchev–Trinajstić information content (AvgIpc) is 2.73. The van der Waals surface area contributed by atoms with Crippen molar-refractivity contribution in [2.75, 3.05) is 12.8 Å². The van der Waals surface area contributed by atoms with Crippen LogP contribution in [0.2, 0.25) is 0 Å². The van der Waals surface area contributed by atoms with E-state index in [0.29, 0.717) is 10.7 Å². The van der Waals surface area contributed by atoms with Gasteiger partial charge in [-0.1, -0.05) is 39.0 Å². The number of unbranched alkanes of at least 4 members (excludes halogenated alkanes) is 1. The first-order chi connectivity index (χ1) is 9.62. The maximum atomic E-state index is 12.6. The molecular weight excluding hydrogens is 268 g/mol. The van der Waals surface area contributed by atoms with Gasteiger partial charge >= 0.3 is 0 Å². The highest BCUT2D eigenvalue weighted by molar-refractivity contribution is 8.00. The van der Waals surface area contributed by atoms with Gasteiger partial charge in [0, 0.05) is 11.3 Å². The molecule has 0 aromatic carbocycles. The van der Waals surface area contributed by atoms with Crippen molar-refractivity contribution in [1.82, 2.24) is 10.2 Å². The summed E-state index contributed by atoms with van der Waals surface area (Å²) < 4.78 is 0.309. The van der Waals surface area contributed by atoms with Gasteiger partial charge in [0.1, 0.15) is 0 Å². The molecule has 116 valence electrons. The summed E-state index contributed by atoms with van der Waals surface area (Å²) in [5.74, 6) is 0.338. The first kappa shape index (κ1) is 16.2. The fourth-order valence-electron chi connectivity index (χ4n) is 3.61. The molecule has 3 nitrogen and oxygen atoms in total. The SMILES string of the molecule is CCCCC1NC(C)N(CC2(SC)CCCCC2)C1=O. The van der Waals surface area contributed by atoms with Crippen LogP contribution in [0, 0.1) is 0 Å². The zero-order chi connectivity index (χ0) is 14.6. The number of hydrogen-bond acceptors (Lipinski definition) is 3. The summed E-state index contributed by atoms with van der Waals surface area (Å²) in [5, 5.41) is 3.49. The third kappa shape index (κ3) is 3.51. The molecule has 1 amide bonds. The molecule has 0 spiro atoms. The van der Waals surface area contributed by atoms with Crippen molar-refractivity contribution in [1.29, 1.82) is 0 Å². The Bertz CT molecular complexity index is 328. The van der Waals surface area contributed by atoms with E-state index in [4.69, 9.17) is 0 Å². The summed E-state index contributed by atoms with van der Waals surface area (Å²) in [5.41, 5.74) is 0. The largest absolute Gasteiger partial charge is 0.325 e. The monoisotopic (exact) mass is 298 g/mol. The molecule has 1 heterocycles. The van der Waals surface area contributed by atoms with Crippen molar-refractivity contribution in [3.8, 4) is 0 Å². The molecule has 1 saturated carbocycles. The Labute approximate surface area is 128 Å². The summed E-state index contributed by atoms with van der Waals surface area (Å²) in [6.45, 7) is 5.26. The second-order valence-electron chi connectivity index (χ2n) is 6.45. The van der Waals surface area contributed by atoms with E-state index >= 15 is 0 Å². The summed E-state index contributed by atoms with van der Waals surface area (Å²) in [4.78, 5) is 14.7. The molecule has 1 saturated heterocycles. The van der Waals surface area contributed by atoms with Gasteiger partial charge in [-0.2, -0.15) is 11.8 Å². The maximum absolute atomic E-state index is 12.6. The molecule has 1 aliphatic heterocycles. The molecule has 2 fully saturated rings. The summed E-state index contributed by atoms with van der Waals surface area (Å²) in [7, 11) is 0. The van der Waals surface area contributed by atoms with E-state index < -0.39 is 0 Å². The molecule has 4 heteroatoms. The minimum absolute atomic E-state index is 0.0625. The van der Waals surface area contributed by atoms with Crippen LogP contribution in [0.15, 0.2) is 0 Å². The lowest BCUT2D eigenvalue weighted by Crippen LogP contribution is -2.46. The van der Waals surface area contributed by atoms with E-state index in [0.717, 1.165) is 25.8 Å². The smallest absolute Gasteiger partial charge is 0.241 e. The average molecular weight is 298 g/mol. The van der Waals surface area contributed by atoms with Crippen molar-refractivity contribution in [2.24, 2.45) is 0 Å². The van der Waals surface area contributed by atoms with Gasteiger partial charge in [-0.15, -0.1) is 0 Å². The minimum atomic E-state index is 0.0625. The first-order valence-electron chi connectivity index (χ1n) is 8.23. The lowest BCUT2D eigenvalue weighted by atomic mass is 9.87. The van der Waals surface area contributed by atoms with Crippen LogP contribution in [0.1, 0.15) is 65.2 Å². The van der Waals surface area contributed by atoms with Crippen molar-refractivity contribution in [3.63, 3.8) is 0 Å². The van der Waals surface area contributed by atoms with Gasteiger partial charge < -0.3 is 4.90 Å². The van der Waals surface area contributed by atoms with Crippen LogP contribution in [0.25, 0.3) is 0 Å². The number of nitrogens with one attached hydrogen (secondary N) is 1. The normalized spacial score (nSPS) is 29.9. The Hall–Kier alpha value is -0.220. The van der Waals surface area contributed by atoms with E-state index in [2.05, 4.69) is 30.3 Å². The lowest BCUT2D eigenvalue weighted by molar-refractivity contribution is -0.130. The van der Waals surface area contributed by atoms with Crippen LogP contribution in [0.3, 0.4) is 0 Å². The zero-order valence-corrected chi connectivity index (χ0v) is 14.1. The van der Waals surface area contributed by atoms with Crippen LogP contribution in [-0.4, -0.2) is 40.6 Å². The molecule has 2 rings (SSSR count). The molecule has 2 aliphatic rings. The van der Waals surface area contributed by atoms with E-state index in [1.165, 1.54) is 32.1 Å². The van der Waals surface area contributed by atoms with Crippen molar-refractivity contribution in [2.45, 2.75) is 82.2 Å². The summed E-state index contributed by atoms with van der Waals surface area (Å²) >= 11 is 1.98. The number of thioether (sulfide) groups is 1. The van der Waals surface area contributed by atoms with E-state index in [1.54, 1.807) is 0 Å². The van der Waals surface area contributed by atoms with Crippen LogP contribution in [0.5, 0.6) is 0 Å². The van der Waals surface area contributed by atoms with Gasteiger partial charge in [0.15, 0.2) is 0 Å². The summed E-state index contributed by atoms with van der Waals surface area (Å²) in [6, 6.07) is 0.0625. The molecule has 2 atom stereocenters. The molecule has 2 unspecified atom stereocenters. The Morgan fingerprint density at radius 2 is 2.05 bits per heavy atom. The molecule has 0 aromatic heterocycles. The van der Waals surface area contributed by atoms with Gasteiger partial charge in [0.05, 0.1) is 12.2 Å². The van der Waals surface area contributed by atoms with Gasteiger partial charge in [0.2, 0.25) is 5.91 Å². The van der Waals surface area contributed by atoms with Crippen LogP contribution in [-0.2, 0) is 4.79 Å². The van der Waals surface area contributed by atoms with Crippen LogP contribution in [0.4, 0.5) is 0 Å². The summed E-state index contributed by atoms with van der Waals surface area (Å²) in [6.07, 6.45) is 12.3. The number of nitrogens with zero attached hydrogens (tertiary/aromatic N) is 1. The van der Waals surface area contributed by atoms with Gasteiger partial charge in [-0.3, -0.25) is 10.1 Å². The fourth-order valence-corrected chi connectivity index (χ4v) is 4.57. The Kier molecular flexibility index (Phi) is 5.79. The van der Waals surface area contributed by atoms with Gasteiger partial charge in [-0.05, 0) is 32.4 Å². The molecule has 0 aromatic rings. The Balaban J connectivity index is 1.98.